The van der Waals surface area contributed by atoms with Crippen LogP contribution in [0.25, 0.3) is 0 Å². The molecule has 1 amide bonds. The number of rotatable bonds is 8. The molecule has 1 N–H and O–H groups in total. The second kappa shape index (κ2) is 7.87. The van der Waals surface area contributed by atoms with Gasteiger partial charge in [-0.1, -0.05) is 45.9 Å². The summed E-state index contributed by atoms with van der Waals surface area (Å²) in [7, 11) is -3.26. The van der Waals surface area contributed by atoms with Crippen molar-refractivity contribution in [1.82, 2.24) is 4.31 Å². The molecule has 0 atom stereocenters. The summed E-state index contributed by atoms with van der Waals surface area (Å²) in [4.78, 5) is 12.5. The van der Waals surface area contributed by atoms with Crippen LogP contribution in [-0.4, -0.2) is 37.5 Å². The van der Waals surface area contributed by atoms with Crippen LogP contribution in [0.5, 0.6) is 0 Å². The van der Waals surface area contributed by atoms with E-state index in [1.165, 1.54) is 10.6 Å². The SMILES string of the molecule is CC(C)c1cccc(C(C)C)c1NC(=O)CCN(C1CC1)S(C)(=O)=O. The second-order valence-corrected chi connectivity index (χ2v) is 9.46. The Kier molecular flexibility index (Phi) is 6.27. The molecule has 0 unspecified atom stereocenters. The van der Waals surface area contributed by atoms with Gasteiger partial charge in [0.25, 0.3) is 0 Å². The van der Waals surface area contributed by atoms with Crippen LogP contribution in [0, 0.1) is 0 Å². The van der Waals surface area contributed by atoms with Crippen LogP contribution in [0.15, 0.2) is 18.2 Å². The Morgan fingerprint density at radius 3 is 2.08 bits per heavy atom. The summed E-state index contributed by atoms with van der Waals surface area (Å²) in [5.41, 5.74) is 3.11. The highest BCUT2D eigenvalue weighted by Crippen LogP contribution is 2.33. The third-order valence-electron chi connectivity index (χ3n) is 4.58. The van der Waals surface area contributed by atoms with Gasteiger partial charge >= 0.3 is 0 Å². The molecule has 0 saturated heterocycles. The van der Waals surface area contributed by atoms with Gasteiger partial charge in [0.05, 0.1) is 6.26 Å². The van der Waals surface area contributed by atoms with E-state index in [0.29, 0.717) is 11.8 Å². The van der Waals surface area contributed by atoms with Crippen molar-refractivity contribution in [3.05, 3.63) is 29.3 Å². The van der Waals surface area contributed by atoms with Crippen LogP contribution in [0.2, 0.25) is 0 Å². The maximum absolute atomic E-state index is 12.5. The minimum Gasteiger partial charge on any atom is -0.326 e. The molecule has 0 spiro atoms. The van der Waals surface area contributed by atoms with Crippen LogP contribution in [0.1, 0.15) is 69.9 Å². The molecule has 0 aliphatic heterocycles. The molecule has 25 heavy (non-hydrogen) atoms. The van der Waals surface area contributed by atoms with Crippen molar-refractivity contribution < 1.29 is 13.2 Å². The maximum atomic E-state index is 12.5. The normalized spacial score (nSPS) is 15.2. The minimum absolute atomic E-state index is 0.0805. The quantitative estimate of drug-likeness (QED) is 0.763. The van der Waals surface area contributed by atoms with Crippen molar-refractivity contribution in [2.45, 2.75) is 64.8 Å². The monoisotopic (exact) mass is 366 g/mol. The van der Waals surface area contributed by atoms with E-state index in [1.807, 2.05) is 18.2 Å². The van der Waals surface area contributed by atoms with Crippen molar-refractivity contribution in [2.24, 2.45) is 0 Å². The molecule has 0 bridgehead atoms. The molecule has 6 heteroatoms. The van der Waals surface area contributed by atoms with E-state index in [-0.39, 0.29) is 24.9 Å². The lowest BCUT2D eigenvalue weighted by atomic mass is 9.92. The number of hydrogen-bond acceptors (Lipinski definition) is 3. The van der Waals surface area contributed by atoms with Gasteiger partial charge in [-0.3, -0.25) is 4.79 Å². The highest BCUT2D eigenvalue weighted by Gasteiger charge is 2.34. The van der Waals surface area contributed by atoms with E-state index in [1.54, 1.807) is 0 Å². The largest absolute Gasteiger partial charge is 0.326 e. The summed E-state index contributed by atoms with van der Waals surface area (Å²) >= 11 is 0. The number of nitrogens with zero attached hydrogens (tertiary/aromatic N) is 1. The number of carbonyl (C=O) groups excluding carboxylic acids is 1. The number of carbonyl (C=O) groups is 1. The fourth-order valence-electron chi connectivity index (χ4n) is 3.09. The summed E-state index contributed by atoms with van der Waals surface area (Å²) in [5.74, 6) is 0.463. The first-order valence-electron chi connectivity index (χ1n) is 9.00. The molecule has 0 heterocycles. The molecule has 1 aromatic rings. The van der Waals surface area contributed by atoms with E-state index in [0.717, 1.165) is 29.7 Å². The Hall–Kier alpha value is -1.40. The number of benzene rings is 1. The van der Waals surface area contributed by atoms with E-state index >= 15 is 0 Å². The maximum Gasteiger partial charge on any atom is 0.225 e. The van der Waals surface area contributed by atoms with Crippen LogP contribution in [-0.2, 0) is 14.8 Å². The molecule has 1 fully saturated rings. The predicted octanol–water partition coefficient (Wildman–Crippen LogP) is 3.69. The van der Waals surface area contributed by atoms with Gasteiger partial charge in [-0.15, -0.1) is 0 Å². The molecule has 2 rings (SSSR count). The first kappa shape index (κ1) is 19.9. The Balaban J connectivity index is 2.12. The van der Waals surface area contributed by atoms with Gasteiger partial charge in [-0.25, -0.2) is 8.42 Å². The van der Waals surface area contributed by atoms with Gasteiger partial charge in [0.15, 0.2) is 0 Å². The Labute approximate surface area is 151 Å². The van der Waals surface area contributed by atoms with Crippen molar-refractivity contribution in [1.29, 1.82) is 0 Å². The van der Waals surface area contributed by atoms with Crippen LogP contribution in [0.3, 0.4) is 0 Å². The highest BCUT2D eigenvalue weighted by atomic mass is 32.2. The van der Waals surface area contributed by atoms with Crippen molar-refractivity contribution in [3.8, 4) is 0 Å². The number of anilines is 1. The average molecular weight is 367 g/mol. The summed E-state index contributed by atoms with van der Waals surface area (Å²) in [5, 5.41) is 3.05. The Bertz CT molecular complexity index is 696. The number of sulfonamides is 1. The molecule has 0 aromatic heterocycles. The standard InChI is InChI=1S/C19H30N2O3S/c1-13(2)16-7-6-8-17(14(3)4)19(16)20-18(22)11-12-21(15-9-10-15)25(5,23)24/h6-8,13-15H,9-12H2,1-5H3,(H,20,22). The zero-order chi connectivity index (χ0) is 18.8. The average Bonchev–Trinajstić information content (AvgIpc) is 3.30. The first-order chi connectivity index (χ1) is 11.6. The fraction of sp³-hybridized carbons (Fsp3) is 0.632. The van der Waals surface area contributed by atoms with Crippen molar-refractivity contribution in [3.63, 3.8) is 0 Å². The summed E-state index contributed by atoms with van der Waals surface area (Å²) in [6.45, 7) is 8.67. The molecule has 5 nitrogen and oxygen atoms in total. The second-order valence-electron chi connectivity index (χ2n) is 7.52. The van der Waals surface area contributed by atoms with Gasteiger partial charge in [0.1, 0.15) is 0 Å². The summed E-state index contributed by atoms with van der Waals surface area (Å²) < 4.78 is 25.2. The van der Waals surface area contributed by atoms with Gasteiger partial charge in [-0.05, 0) is 35.8 Å². The number of amides is 1. The van der Waals surface area contributed by atoms with E-state index < -0.39 is 10.0 Å². The molecule has 0 radical (unpaired) electrons. The molecule has 1 aromatic carbocycles. The lowest BCUT2D eigenvalue weighted by molar-refractivity contribution is -0.116. The third kappa shape index (κ3) is 5.28. The third-order valence-corrected chi connectivity index (χ3v) is 5.91. The lowest BCUT2D eigenvalue weighted by Crippen LogP contribution is -2.34. The zero-order valence-corrected chi connectivity index (χ0v) is 16.7. The van der Waals surface area contributed by atoms with E-state index in [4.69, 9.17) is 0 Å². The molecular formula is C19H30N2O3S. The summed E-state index contributed by atoms with van der Waals surface area (Å²) in [6.07, 6.45) is 3.17. The topological polar surface area (TPSA) is 66.5 Å². The smallest absolute Gasteiger partial charge is 0.225 e. The molecule has 1 aliphatic carbocycles. The highest BCUT2D eigenvalue weighted by molar-refractivity contribution is 7.88. The first-order valence-corrected chi connectivity index (χ1v) is 10.9. The Morgan fingerprint density at radius 2 is 1.68 bits per heavy atom. The number of hydrogen-bond donors (Lipinski definition) is 1. The fourth-order valence-corrected chi connectivity index (χ4v) is 4.27. The molecule has 140 valence electrons. The Morgan fingerprint density at radius 1 is 1.16 bits per heavy atom. The zero-order valence-electron chi connectivity index (χ0n) is 15.9. The molecule has 1 aliphatic rings. The van der Waals surface area contributed by atoms with Gasteiger partial charge in [0.2, 0.25) is 15.9 Å². The van der Waals surface area contributed by atoms with E-state index in [2.05, 4.69) is 33.0 Å². The van der Waals surface area contributed by atoms with Crippen molar-refractivity contribution >= 4 is 21.6 Å². The summed E-state index contributed by atoms with van der Waals surface area (Å²) in [6, 6.07) is 6.19. The number of para-hydroxylation sites is 1. The van der Waals surface area contributed by atoms with E-state index in [9.17, 15) is 13.2 Å². The predicted molar refractivity (Wildman–Crippen MR) is 102 cm³/mol. The van der Waals surface area contributed by atoms with Crippen LogP contribution in [0.4, 0.5) is 5.69 Å². The van der Waals surface area contributed by atoms with Gasteiger partial charge < -0.3 is 5.32 Å². The van der Waals surface area contributed by atoms with Gasteiger partial charge in [0, 0.05) is 24.7 Å². The van der Waals surface area contributed by atoms with Crippen molar-refractivity contribution in [2.75, 3.05) is 18.1 Å². The molecule has 1 saturated carbocycles. The van der Waals surface area contributed by atoms with Gasteiger partial charge in [-0.2, -0.15) is 4.31 Å². The number of nitrogens with one attached hydrogen (secondary N) is 1. The van der Waals surface area contributed by atoms with Crippen LogP contribution < -0.4 is 5.32 Å². The molecular weight excluding hydrogens is 336 g/mol. The van der Waals surface area contributed by atoms with Crippen LogP contribution >= 0.6 is 0 Å². The lowest BCUT2D eigenvalue weighted by Gasteiger charge is -2.22. The minimum atomic E-state index is -3.26.